The van der Waals surface area contributed by atoms with Gasteiger partial charge >= 0.3 is 6.61 Å². The second-order valence-corrected chi connectivity index (χ2v) is 7.49. The third-order valence-corrected chi connectivity index (χ3v) is 5.11. The molecule has 1 atom stereocenters. The molecule has 1 aliphatic rings. The summed E-state index contributed by atoms with van der Waals surface area (Å²) in [6, 6.07) is 11.7. The molecule has 1 fully saturated rings. The van der Waals surface area contributed by atoms with Crippen LogP contribution in [-0.2, 0) is 4.79 Å². The third kappa shape index (κ3) is 5.64. The Morgan fingerprint density at radius 1 is 1.25 bits per heavy atom. The highest BCUT2D eigenvalue weighted by Crippen LogP contribution is 2.28. The molecule has 0 radical (unpaired) electrons. The number of aromatic nitrogens is 2. The zero-order chi connectivity index (χ0) is 22.5. The average molecular weight is 446 g/mol. The van der Waals surface area contributed by atoms with Crippen molar-refractivity contribution in [1.82, 2.24) is 15.0 Å². The van der Waals surface area contributed by atoms with Crippen LogP contribution in [-0.4, -0.2) is 47.2 Å². The topological polar surface area (TPSA) is 80.5 Å². The van der Waals surface area contributed by atoms with E-state index in [1.807, 2.05) is 4.90 Å². The highest BCUT2D eigenvalue weighted by atomic mass is 19.3. The molecule has 32 heavy (non-hydrogen) atoms. The number of rotatable bonds is 7. The molecule has 1 N–H and O–H groups in total. The minimum Gasteiger partial charge on any atom is -0.435 e. The summed E-state index contributed by atoms with van der Waals surface area (Å²) in [6.45, 7) is -1.42. The van der Waals surface area contributed by atoms with Gasteiger partial charge in [-0.25, -0.2) is 4.39 Å². The predicted molar refractivity (Wildman–Crippen MR) is 110 cm³/mol. The van der Waals surface area contributed by atoms with Gasteiger partial charge in [0.1, 0.15) is 11.6 Å². The Hall–Kier alpha value is -3.40. The summed E-state index contributed by atoms with van der Waals surface area (Å²) in [5.74, 6) is 0.183. The van der Waals surface area contributed by atoms with E-state index in [9.17, 15) is 18.0 Å². The zero-order valence-electron chi connectivity index (χ0n) is 17.0. The van der Waals surface area contributed by atoms with E-state index in [1.54, 1.807) is 12.1 Å². The molecule has 10 heteroatoms. The Labute approximate surface area is 182 Å². The minimum absolute atomic E-state index is 0.0223. The molecule has 1 saturated heterocycles. The number of anilines is 1. The van der Waals surface area contributed by atoms with Crippen molar-refractivity contribution in [2.24, 2.45) is 0 Å². The average Bonchev–Trinajstić information content (AvgIpc) is 3.25. The molecule has 2 aromatic carbocycles. The number of piperidine rings is 1. The molecule has 7 nitrogen and oxygen atoms in total. The number of hydrogen-bond acceptors (Lipinski definition) is 6. The lowest BCUT2D eigenvalue weighted by Gasteiger charge is -2.30. The fraction of sp³-hybridized carbons (Fsp3) is 0.318. The molecule has 2 heterocycles. The largest absolute Gasteiger partial charge is 0.435 e. The Bertz CT molecular complexity index is 1060. The smallest absolute Gasteiger partial charge is 0.387 e. The van der Waals surface area contributed by atoms with Crippen molar-refractivity contribution < 1.29 is 27.2 Å². The van der Waals surface area contributed by atoms with E-state index in [2.05, 4.69) is 20.2 Å². The minimum atomic E-state index is -2.90. The third-order valence-electron chi connectivity index (χ3n) is 5.11. The first-order chi connectivity index (χ1) is 15.5. The van der Waals surface area contributed by atoms with Gasteiger partial charge in [-0.2, -0.15) is 13.8 Å². The lowest BCUT2D eigenvalue weighted by atomic mass is 9.98. The van der Waals surface area contributed by atoms with Crippen LogP contribution in [0.2, 0.25) is 0 Å². The maximum Gasteiger partial charge on any atom is 0.387 e. The molecule has 4 rings (SSSR count). The van der Waals surface area contributed by atoms with E-state index in [-0.39, 0.29) is 29.9 Å². The van der Waals surface area contributed by atoms with Gasteiger partial charge in [0, 0.05) is 17.8 Å². The fourth-order valence-corrected chi connectivity index (χ4v) is 3.67. The van der Waals surface area contributed by atoms with Gasteiger partial charge in [-0.05, 0) is 55.8 Å². The van der Waals surface area contributed by atoms with Gasteiger partial charge in [-0.15, -0.1) is 0 Å². The van der Waals surface area contributed by atoms with E-state index in [0.717, 1.165) is 19.4 Å². The zero-order valence-corrected chi connectivity index (χ0v) is 17.0. The number of benzene rings is 2. The van der Waals surface area contributed by atoms with Crippen molar-refractivity contribution in [3.63, 3.8) is 0 Å². The highest BCUT2D eigenvalue weighted by molar-refractivity contribution is 5.92. The first-order valence-electron chi connectivity index (χ1n) is 10.1. The molecule has 168 valence electrons. The van der Waals surface area contributed by atoms with Crippen molar-refractivity contribution in [1.29, 1.82) is 0 Å². The van der Waals surface area contributed by atoms with Crippen LogP contribution in [0.1, 0.15) is 24.7 Å². The predicted octanol–water partition coefficient (Wildman–Crippen LogP) is 4.30. The van der Waals surface area contributed by atoms with E-state index in [0.29, 0.717) is 29.5 Å². The first kappa shape index (κ1) is 21.8. The quantitative estimate of drug-likeness (QED) is 0.583. The van der Waals surface area contributed by atoms with Gasteiger partial charge in [0.15, 0.2) is 0 Å². The molecule has 0 spiro atoms. The number of halogens is 3. The molecule has 1 unspecified atom stereocenters. The molecular weight excluding hydrogens is 425 g/mol. The van der Waals surface area contributed by atoms with Crippen LogP contribution in [0.25, 0.3) is 11.4 Å². The van der Waals surface area contributed by atoms with E-state index >= 15 is 0 Å². The number of nitrogens with one attached hydrogen (secondary N) is 1. The van der Waals surface area contributed by atoms with Crippen LogP contribution >= 0.6 is 0 Å². The summed E-state index contributed by atoms with van der Waals surface area (Å²) >= 11 is 0. The number of hydrogen-bond donors (Lipinski definition) is 1. The molecule has 1 aromatic heterocycles. The normalized spacial score (nSPS) is 16.8. The van der Waals surface area contributed by atoms with Gasteiger partial charge in [-0.3, -0.25) is 9.69 Å². The second-order valence-electron chi connectivity index (χ2n) is 7.49. The second kappa shape index (κ2) is 9.82. The lowest BCUT2D eigenvalue weighted by Crippen LogP contribution is -2.39. The van der Waals surface area contributed by atoms with Crippen molar-refractivity contribution in [3.05, 3.63) is 60.2 Å². The standard InChI is InChI=1S/C22H21F3N4O3/c23-16-5-1-3-14(11-16)20-27-21(32-28-20)15-4-2-10-29(12-15)13-19(30)26-17-6-8-18(9-7-17)31-22(24)25/h1,3,5-9,11,15,22H,2,4,10,12-13H2,(H,26,30). The van der Waals surface area contributed by atoms with Gasteiger partial charge in [0.25, 0.3) is 0 Å². The SMILES string of the molecule is O=C(CN1CCCC(c2nc(-c3cccc(F)c3)no2)C1)Nc1ccc(OC(F)F)cc1. The van der Waals surface area contributed by atoms with Crippen molar-refractivity contribution >= 4 is 11.6 Å². The first-order valence-corrected chi connectivity index (χ1v) is 10.1. The summed E-state index contributed by atoms with van der Waals surface area (Å²) in [5, 5.41) is 6.71. The number of likely N-dealkylation sites (tertiary alicyclic amines) is 1. The molecule has 0 saturated carbocycles. The summed E-state index contributed by atoms with van der Waals surface area (Å²) in [5.41, 5.74) is 1.03. The summed E-state index contributed by atoms with van der Waals surface area (Å²) in [7, 11) is 0. The van der Waals surface area contributed by atoms with E-state index < -0.39 is 6.61 Å². The summed E-state index contributed by atoms with van der Waals surface area (Å²) in [6.07, 6.45) is 1.70. The van der Waals surface area contributed by atoms with Crippen molar-refractivity contribution in [3.8, 4) is 17.1 Å². The van der Waals surface area contributed by atoms with Gasteiger partial charge < -0.3 is 14.6 Å². The number of nitrogens with zero attached hydrogens (tertiary/aromatic N) is 3. The molecule has 3 aromatic rings. The Morgan fingerprint density at radius 2 is 2.06 bits per heavy atom. The van der Waals surface area contributed by atoms with Gasteiger partial charge in [-0.1, -0.05) is 17.3 Å². The number of amides is 1. The van der Waals surface area contributed by atoms with Crippen LogP contribution in [0, 0.1) is 5.82 Å². The summed E-state index contributed by atoms with van der Waals surface area (Å²) in [4.78, 5) is 18.8. The molecule has 0 bridgehead atoms. The molecule has 1 amide bonds. The number of ether oxygens (including phenoxy) is 1. The number of alkyl halides is 2. The van der Waals surface area contributed by atoms with E-state index in [4.69, 9.17) is 4.52 Å². The number of carbonyl (C=O) groups excluding carboxylic acids is 1. The lowest BCUT2D eigenvalue weighted by molar-refractivity contribution is -0.117. The fourth-order valence-electron chi connectivity index (χ4n) is 3.67. The van der Waals surface area contributed by atoms with Crippen LogP contribution in [0.3, 0.4) is 0 Å². The maximum absolute atomic E-state index is 13.4. The maximum atomic E-state index is 13.4. The molecular formula is C22H21F3N4O3. The van der Waals surface area contributed by atoms with Gasteiger partial charge in [0.2, 0.25) is 17.6 Å². The van der Waals surface area contributed by atoms with Crippen LogP contribution in [0.5, 0.6) is 5.75 Å². The summed E-state index contributed by atoms with van der Waals surface area (Å²) < 4.78 is 47.6. The number of carbonyl (C=O) groups is 1. The van der Waals surface area contributed by atoms with Crippen molar-refractivity contribution in [2.75, 3.05) is 25.0 Å². The van der Waals surface area contributed by atoms with Crippen LogP contribution < -0.4 is 10.1 Å². The van der Waals surface area contributed by atoms with Crippen LogP contribution in [0.4, 0.5) is 18.9 Å². The van der Waals surface area contributed by atoms with Crippen molar-refractivity contribution in [2.45, 2.75) is 25.4 Å². The Morgan fingerprint density at radius 3 is 2.81 bits per heavy atom. The molecule has 0 aliphatic carbocycles. The van der Waals surface area contributed by atoms with Crippen LogP contribution in [0.15, 0.2) is 53.1 Å². The monoisotopic (exact) mass is 446 g/mol. The molecule has 1 aliphatic heterocycles. The van der Waals surface area contributed by atoms with Gasteiger partial charge in [0.05, 0.1) is 12.5 Å². The Balaban J connectivity index is 1.32. The highest BCUT2D eigenvalue weighted by Gasteiger charge is 2.27. The Kier molecular flexibility index (Phi) is 6.69. The van der Waals surface area contributed by atoms with E-state index in [1.165, 1.54) is 36.4 Å².